The van der Waals surface area contributed by atoms with Gasteiger partial charge in [-0.3, -0.25) is 4.79 Å². The zero-order valence-corrected chi connectivity index (χ0v) is 13.4. The molecule has 20 heavy (non-hydrogen) atoms. The lowest BCUT2D eigenvalue weighted by Crippen LogP contribution is -2.00. The van der Waals surface area contributed by atoms with Crippen molar-refractivity contribution in [2.45, 2.75) is 6.42 Å². The van der Waals surface area contributed by atoms with E-state index >= 15 is 0 Å². The standard InChI is InChI=1S/C16H10FIOS/c17-12-4-3-11-8-16(20-15(11)9-12)14(19)7-10-1-5-13(18)6-2-10/h1-6,8-9H,7H2. The minimum absolute atomic E-state index is 0.0767. The number of carbonyl (C=O) groups is 1. The summed E-state index contributed by atoms with van der Waals surface area (Å²) in [4.78, 5) is 13.0. The molecule has 0 saturated carbocycles. The third kappa shape index (κ3) is 2.91. The van der Waals surface area contributed by atoms with Crippen molar-refractivity contribution in [3.63, 3.8) is 0 Å². The fourth-order valence-electron chi connectivity index (χ4n) is 2.02. The van der Waals surface area contributed by atoms with Gasteiger partial charge >= 0.3 is 0 Å². The molecule has 0 unspecified atom stereocenters. The quantitative estimate of drug-likeness (QED) is 0.446. The summed E-state index contributed by atoms with van der Waals surface area (Å²) in [5, 5.41) is 0.919. The van der Waals surface area contributed by atoms with Crippen molar-refractivity contribution in [2.24, 2.45) is 0 Å². The predicted octanol–water partition coefficient (Wildman–Crippen LogP) is 5.07. The molecule has 0 fully saturated rings. The molecule has 0 spiro atoms. The van der Waals surface area contributed by atoms with Gasteiger partial charge in [-0.15, -0.1) is 11.3 Å². The molecule has 0 radical (unpaired) electrons. The Morgan fingerprint density at radius 1 is 1.10 bits per heavy atom. The molecule has 3 rings (SSSR count). The molecule has 2 aromatic carbocycles. The molecule has 1 aromatic heterocycles. The second-order valence-corrected chi connectivity index (χ2v) is 6.85. The predicted molar refractivity (Wildman–Crippen MR) is 89.0 cm³/mol. The van der Waals surface area contributed by atoms with Crippen molar-refractivity contribution < 1.29 is 9.18 Å². The number of Topliss-reactive ketones (excluding diaryl/α,β-unsaturated/α-hetero) is 1. The highest BCUT2D eigenvalue weighted by Gasteiger charge is 2.11. The Balaban J connectivity index is 1.86. The number of thiophene rings is 1. The van der Waals surface area contributed by atoms with Crippen LogP contribution in [0.15, 0.2) is 48.5 Å². The van der Waals surface area contributed by atoms with Gasteiger partial charge in [0.05, 0.1) is 4.88 Å². The fraction of sp³-hybridized carbons (Fsp3) is 0.0625. The van der Waals surface area contributed by atoms with Crippen LogP contribution in [0.25, 0.3) is 10.1 Å². The smallest absolute Gasteiger partial charge is 0.177 e. The van der Waals surface area contributed by atoms with Crippen LogP contribution in [0, 0.1) is 9.39 Å². The van der Waals surface area contributed by atoms with Crippen molar-refractivity contribution >= 4 is 49.8 Å². The topological polar surface area (TPSA) is 17.1 Å². The highest BCUT2D eigenvalue weighted by molar-refractivity contribution is 14.1. The van der Waals surface area contributed by atoms with E-state index in [4.69, 9.17) is 0 Å². The highest BCUT2D eigenvalue weighted by Crippen LogP contribution is 2.27. The number of rotatable bonds is 3. The molecule has 0 aliphatic heterocycles. The summed E-state index contributed by atoms with van der Waals surface area (Å²) in [7, 11) is 0. The van der Waals surface area contributed by atoms with Crippen molar-refractivity contribution in [3.05, 3.63) is 68.4 Å². The molecular weight excluding hydrogens is 386 g/mol. The molecule has 0 N–H and O–H groups in total. The van der Waals surface area contributed by atoms with E-state index in [1.165, 1.54) is 23.5 Å². The Hall–Kier alpha value is -1.27. The number of carbonyl (C=O) groups excluding carboxylic acids is 1. The SMILES string of the molecule is O=C(Cc1ccc(I)cc1)c1cc2ccc(F)cc2s1. The maximum Gasteiger partial charge on any atom is 0.177 e. The van der Waals surface area contributed by atoms with Gasteiger partial charge < -0.3 is 0 Å². The largest absolute Gasteiger partial charge is 0.293 e. The molecular formula is C16H10FIOS. The Morgan fingerprint density at radius 2 is 1.85 bits per heavy atom. The fourth-order valence-corrected chi connectivity index (χ4v) is 3.40. The van der Waals surface area contributed by atoms with Gasteiger partial charge in [0.2, 0.25) is 0 Å². The lowest BCUT2D eigenvalue weighted by molar-refractivity contribution is 0.0997. The van der Waals surface area contributed by atoms with E-state index in [-0.39, 0.29) is 11.6 Å². The second-order valence-electron chi connectivity index (χ2n) is 4.52. The van der Waals surface area contributed by atoms with E-state index in [1.54, 1.807) is 6.07 Å². The van der Waals surface area contributed by atoms with Gasteiger partial charge in [-0.1, -0.05) is 18.2 Å². The molecule has 1 heterocycles. The highest BCUT2D eigenvalue weighted by atomic mass is 127. The zero-order valence-electron chi connectivity index (χ0n) is 10.4. The summed E-state index contributed by atoms with van der Waals surface area (Å²) in [5.74, 6) is -0.191. The third-order valence-electron chi connectivity index (χ3n) is 3.03. The number of ketones is 1. The molecule has 3 aromatic rings. The Kier molecular flexibility index (Phi) is 3.85. The van der Waals surface area contributed by atoms with Crippen molar-refractivity contribution in [1.82, 2.24) is 0 Å². The lowest BCUT2D eigenvalue weighted by Gasteiger charge is -1.99. The first-order valence-corrected chi connectivity index (χ1v) is 7.98. The van der Waals surface area contributed by atoms with Gasteiger partial charge in [0.1, 0.15) is 5.82 Å². The first kappa shape index (κ1) is 13.7. The van der Waals surface area contributed by atoms with Gasteiger partial charge in [0.25, 0.3) is 0 Å². The number of fused-ring (bicyclic) bond motifs is 1. The maximum absolute atomic E-state index is 13.2. The summed E-state index contributed by atoms with van der Waals surface area (Å²) < 4.78 is 15.1. The van der Waals surface area contributed by atoms with Crippen LogP contribution in [0.2, 0.25) is 0 Å². The van der Waals surface area contributed by atoms with Crippen LogP contribution in [0.4, 0.5) is 4.39 Å². The van der Waals surface area contributed by atoms with Crippen molar-refractivity contribution in [2.75, 3.05) is 0 Å². The van der Waals surface area contributed by atoms with E-state index < -0.39 is 0 Å². The van der Waals surface area contributed by atoms with Gasteiger partial charge in [0.15, 0.2) is 5.78 Å². The molecule has 1 nitrogen and oxygen atoms in total. The van der Waals surface area contributed by atoms with Crippen LogP contribution in [-0.2, 0) is 6.42 Å². The number of halogens is 2. The molecule has 4 heteroatoms. The third-order valence-corrected chi connectivity index (χ3v) is 4.89. The monoisotopic (exact) mass is 396 g/mol. The molecule has 0 aliphatic rings. The lowest BCUT2D eigenvalue weighted by atomic mass is 10.1. The number of hydrogen-bond acceptors (Lipinski definition) is 2. The molecule has 0 amide bonds. The minimum atomic E-state index is -0.268. The maximum atomic E-state index is 13.2. The van der Waals surface area contributed by atoms with Crippen molar-refractivity contribution in [1.29, 1.82) is 0 Å². The van der Waals surface area contributed by atoms with Gasteiger partial charge in [-0.05, 0) is 63.9 Å². The summed E-state index contributed by atoms with van der Waals surface area (Å²) in [6.07, 6.45) is 0.381. The van der Waals surface area contributed by atoms with E-state index in [2.05, 4.69) is 22.6 Å². The van der Waals surface area contributed by atoms with Crippen LogP contribution in [-0.4, -0.2) is 5.78 Å². The summed E-state index contributed by atoms with van der Waals surface area (Å²) in [6.45, 7) is 0. The Morgan fingerprint density at radius 3 is 2.60 bits per heavy atom. The van der Waals surface area contributed by atoms with Crippen LogP contribution < -0.4 is 0 Å². The average molecular weight is 396 g/mol. The molecule has 0 bridgehead atoms. The van der Waals surface area contributed by atoms with E-state index in [1.807, 2.05) is 30.3 Å². The van der Waals surface area contributed by atoms with Gasteiger partial charge in [-0.25, -0.2) is 4.39 Å². The normalized spacial score (nSPS) is 10.9. The van der Waals surface area contributed by atoms with Crippen molar-refractivity contribution in [3.8, 4) is 0 Å². The molecule has 0 saturated heterocycles. The van der Waals surface area contributed by atoms with Crippen LogP contribution >= 0.6 is 33.9 Å². The molecule has 0 atom stereocenters. The van der Waals surface area contributed by atoms with Crippen LogP contribution in [0.1, 0.15) is 15.2 Å². The first-order chi connectivity index (χ1) is 9.61. The first-order valence-electron chi connectivity index (χ1n) is 6.08. The van der Waals surface area contributed by atoms with Gasteiger partial charge in [-0.2, -0.15) is 0 Å². The zero-order chi connectivity index (χ0) is 14.1. The Labute approximate surface area is 133 Å². The van der Waals surface area contributed by atoms with E-state index in [0.717, 1.165) is 19.2 Å². The Bertz CT molecular complexity index is 777. The van der Waals surface area contributed by atoms with E-state index in [9.17, 15) is 9.18 Å². The van der Waals surface area contributed by atoms with E-state index in [0.29, 0.717) is 11.3 Å². The summed E-state index contributed by atoms with van der Waals surface area (Å²) >= 11 is 3.59. The summed E-state index contributed by atoms with van der Waals surface area (Å²) in [6, 6.07) is 14.4. The average Bonchev–Trinajstić information content (AvgIpc) is 2.84. The molecule has 100 valence electrons. The van der Waals surface area contributed by atoms with Gasteiger partial charge in [0, 0.05) is 14.7 Å². The number of benzene rings is 2. The summed E-state index contributed by atoms with van der Waals surface area (Å²) in [5.41, 5.74) is 0.999. The van der Waals surface area contributed by atoms with Crippen LogP contribution in [0.3, 0.4) is 0 Å². The number of hydrogen-bond donors (Lipinski definition) is 0. The minimum Gasteiger partial charge on any atom is -0.293 e. The van der Waals surface area contributed by atoms with Crippen LogP contribution in [0.5, 0.6) is 0 Å². The second kappa shape index (κ2) is 5.61. The molecule has 0 aliphatic carbocycles.